The Morgan fingerprint density at radius 2 is 2.38 bits per heavy atom. The van der Waals surface area contributed by atoms with E-state index in [2.05, 4.69) is 9.97 Å². The summed E-state index contributed by atoms with van der Waals surface area (Å²) in [6.07, 6.45) is 7.09. The molecule has 0 radical (unpaired) electrons. The van der Waals surface area contributed by atoms with Gasteiger partial charge in [0.1, 0.15) is 5.82 Å². The van der Waals surface area contributed by atoms with E-state index in [9.17, 15) is 0 Å². The Bertz CT molecular complexity index is 380. The van der Waals surface area contributed by atoms with Crippen LogP contribution < -0.4 is 5.73 Å². The van der Waals surface area contributed by atoms with Crippen LogP contribution in [0.5, 0.6) is 0 Å². The fourth-order valence-electron chi connectivity index (χ4n) is 1.17. The van der Waals surface area contributed by atoms with E-state index < -0.39 is 0 Å². The van der Waals surface area contributed by atoms with Crippen LogP contribution in [0, 0.1) is 0 Å². The normalized spacial score (nSPS) is 10.2. The van der Waals surface area contributed by atoms with Crippen molar-refractivity contribution in [1.29, 1.82) is 0 Å². The average Bonchev–Trinajstić information content (AvgIpc) is 2.53. The summed E-state index contributed by atoms with van der Waals surface area (Å²) in [7, 11) is 0. The molecule has 0 aliphatic heterocycles. The summed E-state index contributed by atoms with van der Waals surface area (Å²) < 4.78 is 1.92. The SMILES string of the molecule is Nc1cn(Cc2cccnc2)cn1. The smallest absolute Gasteiger partial charge is 0.141 e. The van der Waals surface area contributed by atoms with E-state index in [1.807, 2.05) is 22.9 Å². The molecular formula is C9H10N4. The number of nitrogens with zero attached hydrogens (tertiary/aromatic N) is 3. The van der Waals surface area contributed by atoms with Gasteiger partial charge in [0.05, 0.1) is 12.9 Å². The standard InChI is InChI=1S/C9H10N4/c10-9-6-13(7-12-9)5-8-2-1-3-11-4-8/h1-4,6-7H,5,10H2. The highest BCUT2D eigenvalue weighted by Crippen LogP contribution is 2.02. The van der Waals surface area contributed by atoms with Crippen molar-refractivity contribution >= 4 is 5.82 Å². The van der Waals surface area contributed by atoms with Gasteiger partial charge in [0.25, 0.3) is 0 Å². The second-order valence-electron chi connectivity index (χ2n) is 2.83. The highest BCUT2D eigenvalue weighted by atomic mass is 15.1. The third-order valence-electron chi connectivity index (χ3n) is 1.74. The van der Waals surface area contributed by atoms with Crippen molar-refractivity contribution in [3.63, 3.8) is 0 Å². The number of nitrogen functional groups attached to an aromatic ring is 1. The van der Waals surface area contributed by atoms with Gasteiger partial charge >= 0.3 is 0 Å². The number of rotatable bonds is 2. The van der Waals surface area contributed by atoms with E-state index in [-0.39, 0.29) is 0 Å². The van der Waals surface area contributed by atoms with Crippen LogP contribution in [-0.4, -0.2) is 14.5 Å². The highest BCUT2D eigenvalue weighted by molar-refractivity contribution is 5.23. The number of hydrogen-bond acceptors (Lipinski definition) is 3. The third-order valence-corrected chi connectivity index (χ3v) is 1.74. The van der Waals surface area contributed by atoms with Crippen molar-refractivity contribution in [1.82, 2.24) is 14.5 Å². The van der Waals surface area contributed by atoms with Gasteiger partial charge in [0.2, 0.25) is 0 Å². The van der Waals surface area contributed by atoms with Gasteiger partial charge in [0, 0.05) is 18.6 Å². The Balaban J connectivity index is 2.15. The minimum atomic E-state index is 0.545. The van der Waals surface area contributed by atoms with Crippen molar-refractivity contribution in [2.24, 2.45) is 0 Å². The molecule has 2 aromatic heterocycles. The number of pyridine rings is 1. The first-order valence-corrected chi connectivity index (χ1v) is 4.01. The molecule has 0 unspecified atom stereocenters. The van der Waals surface area contributed by atoms with Crippen molar-refractivity contribution < 1.29 is 0 Å². The zero-order valence-corrected chi connectivity index (χ0v) is 7.09. The van der Waals surface area contributed by atoms with E-state index in [1.165, 1.54) is 0 Å². The third kappa shape index (κ3) is 1.84. The Morgan fingerprint density at radius 1 is 1.46 bits per heavy atom. The maximum absolute atomic E-state index is 5.48. The molecule has 2 N–H and O–H groups in total. The molecule has 13 heavy (non-hydrogen) atoms. The van der Waals surface area contributed by atoms with Gasteiger partial charge in [-0.15, -0.1) is 0 Å². The number of aromatic nitrogens is 3. The average molecular weight is 174 g/mol. The summed E-state index contributed by atoms with van der Waals surface area (Å²) in [4.78, 5) is 7.96. The number of imidazole rings is 1. The lowest BCUT2D eigenvalue weighted by Gasteiger charge is -1.99. The van der Waals surface area contributed by atoms with Gasteiger partial charge in [0.15, 0.2) is 0 Å². The molecule has 0 atom stereocenters. The van der Waals surface area contributed by atoms with Crippen LogP contribution in [0.2, 0.25) is 0 Å². The van der Waals surface area contributed by atoms with Gasteiger partial charge in [-0.3, -0.25) is 4.98 Å². The molecule has 4 nitrogen and oxygen atoms in total. The molecule has 2 aromatic rings. The van der Waals surface area contributed by atoms with Crippen LogP contribution >= 0.6 is 0 Å². The quantitative estimate of drug-likeness (QED) is 0.736. The lowest BCUT2D eigenvalue weighted by atomic mass is 10.3. The first-order chi connectivity index (χ1) is 6.34. The molecular weight excluding hydrogens is 164 g/mol. The Kier molecular flexibility index (Phi) is 1.96. The van der Waals surface area contributed by atoms with Crippen molar-refractivity contribution in [2.45, 2.75) is 6.54 Å². The topological polar surface area (TPSA) is 56.7 Å². The van der Waals surface area contributed by atoms with Crippen LogP contribution in [0.25, 0.3) is 0 Å². The van der Waals surface area contributed by atoms with Crippen molar-refractivity contribution in [3.05, 3.63) is 42.6 Å². The fraction of sp³-hybridized carbons (Fsp3) is 0.111. The monoisotopic (exact) mass is 174 g/mol. The molecule has 0 saturated carbocycles. The molecule has 0 saturated heterocycles. The van der Waals surface area contributed by atoms with Crippen LogP contribution in [0.4, 0.5) is 5.82 Å². The van der Waals surface area contributed by atoms with Gasteiger partial charge in [-0.1, -0.05) is 6.07 Å². The zero-order chi connectivity index (χ0) is 9.10. The Labute approximate surface area is 76.1 Å². The lowest BCUT2D eigenvalue weighted by molar-refractivity contribution is 0.793. The molecule has 0 aliphatic rings. The highest BCUT2D eigenvalue weighted by Gasteiger charge is 1.95. The van der Waals surface area contributed by atoms with Crippen molar-refractivity contribution in [2.75, 3.05) is 5.73 Å². The molecule has 0 fully saturated rings. The van der Waals surface area contributed by atoms with Crippen LogP contribution in [0.3, 0.4) is 0 Å². The van der Waals surface area contributed by atoms with Gasteiger partial charge in [-0.2, -0.15) is 0 Å². The minimum Gasteiger partial charge on any atom is -0.382 e. The predicted molar refractivity (Wildman–Crippen MR) is 50.0 cm³/mol. The van der Waals surface area contributed by atoms with Crippen molar-refractivity contribution in [3.8, 4) is 0 Å². The summed E-state index contributed by atoms with van der Waals surface area (Å²) >= 11 is 0. The summed E-state index contributed by atoms with van der Waals surface area (Å²) in [5, 5.41) is 0. The van der Waals surface area contributed by atoms with Crippen LogP contribution in [-0.2, 0) is 6.54 Å². The maximum Gasteiger partial charge on any atom is 0.141 e. The Hall–Kier alpha value is -1.84. The molecule has 4 heteroatoms. The van der Waals surface area contributed by atoms with Gasteiger partial charge < -0.3 is 10.3 Å². The number of nitrogens with two attached hydrogens (primary N) is 1. The number of hydrogen-bond donors (Lipinski definition) is 1. The molecule has 66 valence electrons. The lowest BCUT2D eigenvalue weighted by Crippen LogP contribution is -1.96. The van der Waals surface area contributed by atoms with E-state index in [0.717, 1.165) is 12.1 Å². The summed E-state index contributed by atoms with van der Waals surface area (Å²) in [6, 6.07) is 3.93. The largest absolute Gasteiger partial charge is 0.382 e. The molecule has 0 aliphatic carbocycles. The van der Waals surface area contributed by atoms with Gasteiger partial charge in [-0.25, -0.2) is 4.98 Å². The van der Waals surface area contributed by atoms with Crippen LogP contribution in [0.15, 0.2) is 37.1 Å². The van der Waals surface area contributed by atoms with E-state index in [1.54, 1.807) is 18.7 Å². The van der Waals surface area contributed by atoms with E-state index >= 15 is 0 Å². The molecule has 2 heterocycles. The second-order valence-corrected chi connectivity index (χ2v) is 2.83. The number of anilines is 1. The fourth-order valence-corrected chi connectivity index (χ4v) is 1.17. The summed E-state index contributed by atoms with van der Waals surface area (Å²) in [5.74, 6) is 0.545. The first kappa shape index (κ1) is 7.79. The summed E-state index contributed by atoms with van der Waals surface area (Å²) in [6.45, 7) is 0.762. The second kappa shape index (κ2) is 3.26. The molecule has 0 bridgehead atoms. The molecule has 0 spiro atoms. The molecule has 0 aromatic carbocycles. The first-order valence-electron chi connectivity index (χ1n) is 4.01. The zero-order valence-electron chi connectivity index (χ0n) is 7.09. The van der Waals surface area contributed by atoms with Gasteiger partial charge in [-0.05, 0) is 11.6 Å². The minimum absolute atomic E-state index is 0.545. The molecule has 2 rings (SSSR count). The maximum atomic E-state index is 5.48. The predicted octanol–water partition coefficient (Wildman–Crippen LogP) is 0.909. The Morgan fingerprint density at radius 3 is 3.00 bits per heavy atom. The molecule has 0 amide bonds. The summed E-state index contributed by atoms with van der Waals surface area (Å²) in [5.41, 5.74) is 6.62. The van der Waals surface area contributed by atoms with E-state index in [0.29, 0.717) is 5.82 Å². The van der Waals surface area contributed by atoms with E-state index in [4.69, 9.17) is 5.73 Å². The van der Waals surface area contributed by atoms with Crippen LogP contribution in [0.1, 0.15) is 5.56 Å².